The molecule has 0 radical (unpaired) electrons. The van der Waals surface area contributed by atoms with Crippen LogP contribution in [0.15, 0.2) is 83.3 Å². The Labute approximate surface area is 223 Å². The van der Waals surface area contributed by atoms with Gasteiger partial charge in [0.15, 0.2) is 5.78 Å². The summed E-state index contributed by atoms with van der Waals surface area (Å²) < 4.78 is 11.1. The van der Waals surface area contributed by atoms with Crippen LogP contribution in [-0.4, -0.2) is 29.6 Å². The molecule has 1 aromatic rings. The molecule has 0 aliphatic heterocycles. The van der Waals surface area contributed by atoms with Gasteiger partial charge in [-0.25, -0.2) is 0 Å². The maximum absolute atomic E-state index is 12.5. The Hall–Kier alpha value is -3.05. The van der Waals surface area contributed by atoms with Gasteiger partial charge in [0, 0.05) is 18.8 Å². The number of ether oxygens (including phenoxy) is 2. The lowest BCUT2D eigenvalue weighted by atomic mass is 9.72. The maximum Gasteiger partial charge on any atom is 0.310 e. The molecule has 200 valence electrons. The Kier molecular flexibility index (Phi) is 11.9. The summed E-state index contributed by atoms with van der Waals surface area (Å²) in [4.78, 5) is 28.6. The summed E-state index contributed by atoms with van der Waals surface area (Å²) in [5.74, 6) is -0.851. The first-order chi connectivity index (χ1) is 17.5. The van der Waals surface area contributed by atoms with Crippen molar-refractivity contribution < 1.29 is 19.1 Å². The summed E-state index contributed by atoms with van der Waals surface area (Å²) in [6.07, 6.45) is 18.3. The molecule has 0 N–H and O–H groups in total. The van der Waals surface area contributed by atoms with Gasteiger partial charge in [0.05, 0.1) is 5.92 Å². The van der Waals surface area contributed by atoms with Crippen LogP contribution in [0.25, 0.3) is 0 Å². The first kappa shape index (κ1) is 30.2. The third-order valence-electron chi connectivity index (χ3n) is 6.42. The van der Waals surface area contributed by atoms with Crippen molar-refractivity contribution in [1.29, 1.82) is 0 Å². The number of ketones is 1. The number of aromatic nitrogens is 1. The van der Waals surface area contributed by atoms with Gasteiger partial charge in [-0.3, -0.25) is 14.6 Å². The average Bonchev–Trinajstić information content (AvgIpc) is 2.82. The fourth-order valence-electron chi connectivity index (χ4n) is 4.26. The molecule has 1 aliphatic carbocycles. The Balaban J connectivity index is 1.94. The monoisotopic (exact) mass is 505 g/mol. The van der Waals surface area contributed by atoms with Crippen LogP contribution in [0.1, 0.15) is 73.3 Å². The number of pyridine rings is 1. The maximum atomic E-state index is 12.5. The molecular weight excluding hydrogens is 462 g/mol. The quantitative estimate of drug-likeness (QED) is 0.129. The Morgan fingerprint density at radius 3 is 2.57 bits per heavy atom. The van der Waals surface area contributed by atoms with E-state index in [1.807, 2.05) is 31.2 Å². The molecule has 5 nitrogen and oxygen atoms in total. The summed E-state index contributed by atoms with van der Waals surface area (Å²) in [6.45, 7) is 14.2. The minimum Gasteiger partial charge on any atom is -0.435 e. The predicted octanol–water partition coefficient (Wildman–Crippen LogP) is 7.27. The van der Waals surface area contributed by atoms with Gasteiger partial charge in [0.1, 0.15) is 6.61 Å². The zero-order chi connectivity index (χ0) is 27.4. The third kappa shape index (κ3) is 10.8. The molecule has 0 spiro atoms. The largest absolute Gasteiger partial charge is 0.435 e. The van der Waals surface area contributed by atoms with Gasteiger partial charge in [-0.1, -0.05) is 75.3 Å². The molecule has 1 unspecified atom stereocenters. The summed E-state index contributed by atoms with van der Waals surface area (Å²) in [5, 5.41) is 0. The van der Waals surface area contributed by atoms with Crippen molar-refractivity contribution in [2.24, 2.45) is 11.3 Å². The number of hydrogen-bond donors (Lipinski definition) is 0. The van der Waals surface area contributed by atoms with Crippen LogP contribution in [0.4, 0.5) is 0 Å². The van der Waals surface area contributed by atoms with E-state index in [9.17, 15) is 9.59 Å². The van der Waals surface area contributed by atoms with Crippen LogP contribution in [0.3, 0.4) is 0 Å². The first-order valence-electron chi connectivity index (χ1n) is 13.1. The third-order valence-corrected chi connectivity index (χ3v) is 6.42. The van der Waals surface area contributed by atoms with Gasteiger partial charge < -0.3 is 9.47 Å². The summed E-state index contributed by atoms with van der Waals surface area (Å²) in [7, 11) is 0. The van der Waals surface area contributed by atoms with E-state index in [1.165, 1.54) is 30.4 Å². The van der Waals surface area contributed by atoms with Crippen molar-refractivity contribution in [1.82, 2.24) is 4.98 Å². The number of esters is 1. The Morgan fingerprint density at radius 2 is 1.92 bits per heavy atom. The molecule has 0 saturated heterocycles. The van der Waals surface area contributed by atoms with Crippen molar-refractivity contribution in [2.75, 3.05) is 6.61 Å². The number of hydrogen-bond acceptors (Lipinski definition) is 5. The molecule has 1 atom stereocenters. The van der Waals surface area contributed by atoms with Crippen LogP contribution in [-0.2, 0) is 25.5 Å². The average molecular weight is 506 g/mol. The van der Waals surface area contributed by atoms with E-state index in [0.29, 0.717) is 6.42 Å². The van der Waals surface area contributed by atoms with Crippen molar-refractivity contribution in [3.05, 3.63) is 88.8 Å². The van der Waals surface area contributed by atoms with E-state index in [2.05, 4.69) is 44.8 Å². The number of carbonyl (C=O) groups excluding carboxylic acids is 2. The zero-order valence-electron chi connectivity index (χ0n) is 23.5. The topological polar surface area (TPSA) is 65.5 Å². The van der Waals surface area contributed by atoms with E-state index in [4.69, 9.17) is 9.47 Å². The molecular formula is C32H43NO4. The van der Waals surface area contributed by atoms with Crippen LogP contribution in [0.2, 0.25) is 0 Å². The highest BCUT2D eigenvalue weighted by Gasteiger charge is 2.26. The first-order valence-corrected chi connectivity index (χ1v) is 13.1. The van der Waals surface area contributed by atoms with Gasteiger partial charge in [-0.05, 0) is 74.3 Å². The summed E-state index contributed by atoms with van der Waals surface area (Å²) >= 11 is 0. The van der Waals surface area contributed by atoms with Crippen molar-refractivity contribution in [2.45, 2.75) is 80.4 Å². The molecule has 0 amide bonds. The van der Waals surface area contributed by atoms with E-state index in [1.54, 1.807) is 38.4 Å². The van der Waals surface area contributed by atoms with Gasteiger partial charge >= 0.3 is 5.97 Å². The van der Waals surface area contributed by atoms with Crippen molar-refractivity contribution in [3.8, 4) is 0 Å². The van der Waals surface area contributed by atoms with Crippen LogP contribution < -0.4 is 0 Å². The number of rotatable bonds is 12. The number of carbonyl (C=O) groups is 2. The van der Waals surface area contributed by atoms with Gasteiger partial charge in [0.2, 0.25) is 6.29 Å². The molecule has 0 saturated carbocycles. The second-order valence-corrected chi connectivity index (χ2v) is 10.8. The lowest BCUT2D eigenvalue weighted by Gasteiger charge is -2.32. The molecule has 1 aromatic heterocycles. The molecule has 1 heterocycles. The SMILES string of the molecule is CC1=C(/C=C/C(C)=C/C=C/C(C)=C/C(=O)COC(Cc2cccnc2)OC(=O)C(C)C)C(C)(C)CCC1. The normalized spacial score (nSPS) is 17.6. The Morgan fingerprint density at radius 1 is 1.16 bits per heavy atom. The highest BCUT2D eigenvalue weighted by atomic mass is 16.7. The lowest BCUT2D eigenvalue weighted by molar-refractivity contribution is -0.183. The second kappa shape index (κ2) is 14.6. The molecule has 37 heavy (non-hydrogen) atoms. The molecule has 0 fully saturated rings. The van der Waals surface area contributed by atoms with Crippen LogP contribution >= 0.6 is 0 Å². The number of nitrogens with zero attached hydrogens (tertiary/aromatic N) is 1. The van der Waals surface area contributed by atoms with Crippen LogP contribution in [0, 0.1) is 11.3 Å². The summed E-state index contributed by atoms with van der Waals surface area (Å²) in [6, 6.07) is 3.68. The fourth-order valence-corrected chi connectivity index (χ4v) is 4.26. The lowest BCUT2D eigenvalue weighted by Crippen LogP contribution is -2.28. The minimum absolute atomic E-state index is 0.177. The van der Waals surface area contributed by atoms with E-state index in [0.717, 1.165) is 16.7 Å². The van der Waals surface area contributed by atoms with Gasteiger partial charge in [-0.15, -0.1) is 0 Å². The van der Waals surface area contributed by atoms with E-state index >= 15 is 0 Å². The minimum atomic E-state index is -0.849. The van der Waals surface area contributed by atoms with E-state index < -0.39 is 6.29 Å². The van der Waals surface area contributed by atoms with Gasteiger partial charge in [-0.2, -0.15) is 0 Å². The highest BCUT2D eigenvalue weighted by Crippen LogP contribution is 2.40. The molecule has 5 heteroatoms. The molecule has 0 bridgehead atoms. The standard InChI is InChI=1S/C32H43NO4/c1-23(2)31(35)37-30(20-27-14-10-18-33-21-27)36-22-28(34)19-25(4)12-8-11-24(3)15-16-29-26(5)13-9-17-32(29,6)7/h8,10-12,14-16,18-19,21,23,30H,9,13,17,20,22H2,1-7H3/b12-8+,16-15+,24-11+,25-19+. The molecule has 2 rings (SSSR count). The van der Waals surface area contributed by atoms with E-state index in [-0.39, 0.29) is 29.7 Å². The highest BCUT2D eigenvalue weighted by molar-refractivity contribution is 5.91. The Bertz CT molecular complexity index is 1070. The number of allylic oxidation sites excluding steroid dienone is 9. The molecule has 0 aromatic carbocycles. The second-order valence-electron chi connectivity index (χ2n) is 10.8. The van der Waals surface area contributed by atoms with Crippen molar-refractivity contribution >= 4 is 11.8 Å². The fraction of sp³-hybridized carbons (Fsp3) is 0.469. The van der Waals surface area contributed by atoms with Gasteiger partial charge in [0.25, 0.3) is 0 Å². The molecule has 1 aliphatic rings. The van der Waals surface area contributed by atoms with Crippen LogP contribution in [0.5, 0.6) is 0 Å². The smallest absolute Gasteiger partial charge is 0.310 e. The zero-order valence-corrected chi connectivity index (χ0v) is 23.5. The van der Waals surface area contributed by atoms with Crippen molar-refractivity contribution in [3.63, 3.8) is 0 Å². The predicted molar refractivity (Wildman–Crippen MR) is 150 cm³/mol. The summed E-state index contributed by atoms with van der Waals surface area (Å²) in [5.41, 5.74) is 5.97.